The predicted molar refractivity (Wildman–Crippen MR) is 84.9 cm³/mol. The molecule has 0 aliphatic heterocycles. The van der Waals surface area contributed by atoms with Gasteiger partial charge in [0.05, 0.1) is 6.10 Å². The summed E-state index contributed by atoms with van der Waals surface area (Å²) in [6, 6.07) is 7.07. The van der Waals surface area contributed by atoms with Gasteiger partial charge in [0.15, 0.2) is 0 Å². The number of phenols is 1. The highest BCUT2D eigenvalue weighted by molar-refractivity contribution is 5.33. The summed E-state index contributed by atoms with van der Waals surface area (Å²) in [6.07, 6.45) is 11.8. The molecule has 1 atom stereocenters. The van der Waals surface area contributed by atoms with Crippen LogP contribution in [0.25, 0.3) is 0 Å². The van der Waals surface area contributed by atoms with Gasteiger partial charge in [-0.1, -0.05) is 82.9 Å². The van der Waals surface area contributed by atoms with E-state index >= 15 is 0 Å². The lowest BCUT2D eigenvalue weighted by Gasteiger charge is -2.12. The fourth-order valence-electron chi connectivity index (χ4n) is 2.57. The van der Waals surface area contributed by atoms with Crippen molar-refractivity contribution in [3.05, 3.63) is 29.8 Å². The molecule has 0 bridgehead atoms. The van der Waals surface area contributed by atoms with Crippen molar-refractivity contribution >= 4 is 0 Å². The van der Waals surface area contributed by atoms with Crippen molar-refractivity contribution in [2.45, 2.75) is 77.2 Å². The van der Waals surface area contributed by atoms with Crippen molar-refractivity contribution in [1.82, 2.24) is 0 Å². The highest BCUT2D eigenvalue weighted by Crippen LogP contribution is 2.27. The zero-order valence-electron chi connectivity index (χ0n) is 12.9. The molecule has 0 aromatic heterocycles. The summed E-state index contributed by atoms with van der Waals surface area (Å²) in [5.74, 6) is 0.205. The molecule has 20 heavy (non-hydrogen) atoms. The topological polar surface area (TPSA) is 40.5 Å². The molecule has 1 aromatic carbocycles. The van der Waals surface area contributed by atoms with Gasteiger partial charge in [0, 0.05) is 5.56 Å². The van der Waals surface area contributed by atoms with E-state index in [-0.39, 0.29) is 5.75 Å². The van der Waals surface area contributed by atoms with Crippen LogP contribution in [-0.4, -0.2) is 10.2 Å². The third-order valence-corrected chi connectivity index (χ3v) is 3.88. The van der Waals surface area contributed by atoms with E-state index in [0.29, 0.717) is 5.56 Å². The van der Waals surface area contributed by atoms with Gasteiger partial charge in [0.1, 0.15) is 5.75 Å². The molecule has 1 unspecified atom stereocenters. The summed E-state index contributed by atoms with van der Waals surface area (Å²) in [7, 11) is 0. The SMILES string of the molecule is CCCCCCCCCCCC(O)c1ccccc1O. The van der Waals surface area contributed by atoms with E-state index in [2.05, 4.69) is 6.92 Å². The summed E-state index contributed by atoms with van der Waals surface area (Å²) in [5, 5.41) is 19.7. The van der Waals surface area contributed by atoms with Crippen molar-refractivity contribution in [2.75, 3.05) is 0 Å². The number of hydrogen-bond donors (Lipinski definition) is 2. The average Bonchev–Trinajstić information content (AvgIpc) is 2.46. The number of rotatable bonds is 11. The minimum Gasteiger partial charge on any atom is -0.508 e. The van der Waals surface area contributed by atoms with Crippen LogP contribution in [0.4, 0.5) is 0 Å². The molecule has 2 nitrogen and oxygen atoms in total. The summed E-state index contributed by atoms with van der Waals surface area (Å²) in [5.41, 5.74) is 0.659. The maximum Gasteiger partial charge on any atom is 0.121 e. The van der Waals surface area contributed by atoms with Crippen LogP contribution in [0, 0.1) is 0 Å². The zero-order valence-corrected chi connectivity index (χ0v) is 12.9. The van der Waals surface area contributed by atoms with E-state index in [1.165, 1.54) is 51.4 Å². The lowest BCUT2D eigenvalue weighted by Crippen LogP contribution is -1.97. The Balaban J connectivity index is 2.03. The lowest BCUT2D eigenvalue weighted by molar-refractivity contribution is 0.159. The van der Waals surface area contributed by atoms with Crippen LogP contribution < -0.4 is 0 Å². The van der Waals surface area contributed by atoms with Crippen molar-refractivity contribution in [3.8, 4) is 5.75 Å². The van der Waals surface area contributed by atoms with E-state index in [1.807, 2.05) is 6.07 Å². The highest BCUT2D eigenvalue weighted by Gasteiger charge is 2.10. The quantitative estimate of drug-likeness (QED) is 0.536. The molecule has 1 aromatic rings. The van der Waals surface area contributed by atoms with Crippen LogP contribution in [0.2, 0.25) is 0 Å². The normalized spacial score (nSPS) is 12.5. The van der Waals surface area contributed by atoms with Gasteiger partial charge in [-0.25, -0.2) is 0 Å². The number of unbranched alkanes of at least 4 members (excludes halogenated alkanes) is 8. The first-order valence-corrected chi connectivity index (χ1v) is 8.21. The van der Waals surface area contributed by atoms with Gasteiger partial charge in [-0.3, -0.25) is 0 Å². The minimum absolute atomic E-state index is 0.205. The Morgan fingerprint density at radius 1 is 0.850 bits per heavy atom. The molecule has 0 aliphatic rings. The Hall–Kier alpha value is -1.02. The molecule has 114 valence electrons. The van der Waals surface area contributed by atoms with Crippen LogP contribution in [0.3, 0.4) is 0 Å². The number of aliphatic hydroxyl groups is 1. The molecule has 1 rings (SSSR count). The molecule has 0 amide bonds. The first kappa shape index (κ1) is 17.0. The van der Waals surface area contributed by atoms with Crippen molar-refractivity contribution in [3.63, 3.8) is 0 Å². The fraction of sp³-hybridized carbons (Fsp3) is 0.667. The number of para-hydroxylation sites is 1. The molecular formula is C18H30O2. The second-order valence-corrected chi connectivity index (χ2v) is 5.69. The summed E-state index contributed by atoms with van der Waals surface area (Å²) < 4.78 is 0. The molecule has 2 heteroatoms. The Morgan fingerprint density at radius 3 is 2.00 bits per heavy atom. The molecule has 0 radical (unpaired) electrons. The van der Waals surface area contributed by atoms with Crippen LogP contribution in [0.5, 0.6) is 5.75 Å². The number of benzene rings is 1. The number of aliphatic hydroxyl groups excluding tert-OH is 1. The van der Waals surface area contributed by atoms with Gasteiger partial charge < -0.3 is 10.2 Å². The second-order valence-electron chi connectivity index (χ2n) is 5.69. The second kappa shape index (κ2) is 10.7. The van der Waals surface area contributed by atoms with E-state index in [1.54, 1.807) is 18.2 Å². The molecule has 0 fully saturated rings. The molecule has 2 N–H and O–H groups in total. The van der Waals surface area contributed by atoms with E-state index in [0.717, 1.165) is 12.8 Å². The van der Waals surface area contributed by atoms with Crippen molar-refractivity contribution < 1.29 is 10.2 Å². The Morgan fingerprint density at radius 2 is 1.40 bits per heavy atom. The van der Waals surface area contributed by atoms with Crippen LogP contribution in [-0.2, 0) is 0 Å². The molecule has 0 saturated carbocycles. The van der Waals surface area contributed by atoms with Crippen LogP contribution in [0.1, 0.15) is 82.8 Å². The van der Waals surface area contributed by atoms with Gasteiger partial charge in [-0.2, -0.15) is 0 Å². The third kappa shape index (κ3) is 6.95. The largest absolute Gasteiger partial charge is 0.508 e. The average molecular weight is 278 g/mol. The highest BCUT2D eigenvalue weighted by atomic mass is 16.3. The summed E-state index contributed by atoms with van der Waals surface area (Å²) in [4.78, 5) is 0. The maximum absolute atomic E-state index is 10.0. The lowest BCUT2D eigenvalue weighted by atomic mass is 10.0. The zero-order chi connectivity index (χ0) is 14.6. The predicted octanol–water partition coefficient (Wildman–Crippen LogP) is 5.35. The Kier molecular flexibility index (Phi) is 9.14. The van der Waals surface area contributed by atoms with E-state index in [9.17, 15) is 10.2 Å². The van der Waals surface area contributed by atoms with Crippen molar-refractivity contribution in [2.24, 2.45) is 0 Å². The molecule has 0 spiro atoms. The first-order valence-electron chi connectivity index (χ1n) is 8.21. The number of aromatic hydroxyl groups is 1. The standard InChI is InChI=1S/C18H30O2/c1-2-3-4-5-6-7-8-9-10-14-17(19)16-13-11-12-15-18(16)20/h11-13,15,17,19-20H,2-10,14H2,1H3. The van der Waals surface area contributed by atoms with Gasteiger partial charge in [0.25, 0.3) is 0 Å². The Labute approximate surface area is 123 Å². The van der Waals surface area contributed by atoms with Crippen LogP contribution >= 0.6 is 0 Å². The smallest absolute Gasteiger partial charge is 0.121 e. The number of phenolic OH excluding ortho intramolecular Hbond substituents is 1. The molecular weight excluding hydrogens is 248 g/mol. The number of hydrogen-bond acceptors (Lipinski definition) is 2. The van der Waals surface area contributed by atoms with Crippen molar-refractivity contribution in [1.29, 1.82) is 0 Å². The monoisotopic (exact) mass is 278 g/mol. The van der Waals surface area contributed by atoms with E-state index in [4.69, 9.17) is 0 Å². The minimum atomic E-state index is -0.527. The van der Waals surface area contributed by atoms with E-state index < -0.39 is 6.10 Å². The summed E-state index contributed by atoms with van der Waals surface area (Å²) in [6.45, 7) is 2.25. The van der Waals surface area contributed by atoms with Gasteiger partial charge in [-0.15, -0.1) is 0 Å². The Bertz CT molecular complexity index is 349. The molecule has 0 saturated heterocycles. The molecule has 0 aliphatic carbocycles. The third-order valence-electron chi connectivity index (χ3n) is 3.88. The first-order chi connectivity index (χ1) is 9.75. The van der Waals surface area contributed by atoms with Gasteiger partial charge in [0.2, 0.25) is 0 Å². The van der Waals surface area contributed by atoms with Gasteiger partial charge in [-0.05, 0) is 12.5 Å². The van der Waals surface area contributed by atoms with Gasteiger partial charge >= 0.3 is 0 Å². The molecule has 0 heterocycles. The summed E-state index contributed by atoms with van der Waals surface area (Å²) >= 11 is 0. The fourth-order valence-corrected chi connectivity index (χ4v) is 2.57. The maximum atomic E-state index is 10.0. The van der Waals surface area contributed by atoms with Crippen LogP contribution in [0.15, 0.2) is 24.3 Å².